The van der Waals surface area contributed by atoms with Crippen molar-refractivity contribution in [2.24, 2.45) is 5.41 Å². The minimum atomic E-state index is -3.57. The Morgan fingerprint density at radius 2 is 1.75 bits per heavy atom. The van der Waals surface area contributed by atoms with Crippen LogP contribution in [-0.2, 0) is 19.6 Å². The molecule has 7 nitrogen and oxygen atoms in total. The molecule has 2 fully saturated rings. The lowest BCUT2D eigenvalue weighted by Gasteiger charge is -2.45. The molecule has 0 bridgehead atoms. The van der Waals surface area contributed by atoms with Gasteiger partial charge in [0.05, 0.1) is 31.2 Å². The number of nitrogens with zero attached hydrogens (tertiary/aromatic N) is 3. The molecule has 0 aliphatic carbocycles. The summed E-state index contributed by atoms with van der Waals surface area (Å²) in [6.45, 7) is 6.49. The van der Waals surface area contributed by atoms with Crippen LogP contribution < -0.4 is 4.90 Å². The number of sulfonamides is 1. The third-order valence-electron chi connectivity index (χ3n) is 6.13. The molecule has 0 radical (unpaired) electrons. The highest BCUT2D eigenvalue weighted by atomic mass is 32.2. The molecule has 2 aliphatic heterocycles. The standard InChI is InChI=1S/C24H29N3O4S/c1-24(2)22(18-8-5-4-6-9-18)27(32(3,29)30)17-19(23(24)28)16-20-10-7-11-21(25-20)26-12-14-31-15-13-26/h4-11,16,22H,12-15,17H2,1-3H3/b19-16+. The molecule has 3 heterocycles. The lowest BCUT2D eigenvalue weighted by atomic mass is 9.72. The van der Waals surface area contributed by atoms with Gasteiger partial charge in [0.2, 0.25) is 10.0 Å². The lowest BCUT2D eigenvalue weighted by molar-refractivity contribution is -0.128. The monoisotopic (exact) mass is 455 g/mol. The third-order valence-corrected chi connectivity index (χ3v) is 7.32. The first-order chi connectivity index (χ1) is 15.2. The first-order valence-electron chi connectivity index (χ1n) is 10.7. The third kappa shape index (κ3) is 4.48. The maximum atomic E-state index is 13.5. The number of morpholine rings is 1. The Bertz CT molecular complexity index is 1120. The number of Topliss-reactive ketones (excluding diaryl/α,β-unsaturated/α-hetero) is 1. The summed E-state index contributed by atoms with van der Waals surface area (Å²) in [5, 5.41) is 0. The fourth-order valence-electron chi connectivity index (χ4n) is 4.53. The molecule has 1 unspecified atom stereocenters. The van der Waals surface area contributed by atoms with E-state index in [4.69, 9.17) is 9.72 Å². The maximum Gasteiger partial charge on any atom is 0.212 e. The van der Waals surface area contributed by atoms with Gasteiger partial charge < -0.3 is 9.64 Å². The second kappa shape index (κ2) is 8.77. The molecule has 32 heavy (non-hydrogen) atoms. The van der Waals surface area contributed by atoms with Crippen LogP contribution in [0.1, 0.15) is 31.1 Å². The molecule has 0 saturated carbocycles. The van der Waals surface area contributed by atoms with Crippen LogP contribution in [0.5, 0.6) is 0 Å². The first-order valence-corrected chi connectivity index (χ1v) is 12.6. The summed E-state index contributed by atoms with van der Waals surface area (Å²) in [5.41, 5.74) is 0.956. The van der Waals surface area contributed by atoms with Gasteiger partial charge in [-0.15, -0.1) is 0 Å². The molecule has 170 valence electrons. The Hall–Kier alpha value is -2.55. The van der Waals surface area contributed by atoms with Crippen molar-refractivity contribution in [1.29, 1.82) is 0 Å². The van der Waals surface area contributed by atoms with Crippen molar-refractivity contribution in [2.75, 3.05) is 44.0 Å². The van der Waals surface area contributed by atoms with Gasteiger partial charge in [-0.1, -0.05) is 50.2 Å². The molecule has 2 aliphatic rings. The van der Waals surface area contributed by atoms with Crippen LogP contribution in [0.15, 0.2) is 54.1 Å². The van der Waals surface area contributed by atoms with Crippen molar-refractivity contribution in [1.82, 2.24) is 9.29 Å². The number of piperidine rings is 1. The van der Waals surface area contributed by atoms with Crippen LogP contribution in [0.2, 0.25) is 0 Å². The van der Waals surface area contributed by atoms with E-state index in [1.165, 1.54) is 10.6 Å². The number of carbonyl (C=O) groups excluding carboxylic acids is 1. The average molecular weight is 456 g/mol. The van der Waals surface area contributed by atoms with Crippen LogP contribution in [0.3, 0.4) is 0 Å². The molecule has 0 amide bonds. The zero-order chi connectivity index (χ0) is 22.9. The zero-order valence-electron chi connectivity index (χ0n) is 18.7. The van der Waals surface area contributed by atoms with E-state index >= 15 is 0 Å². The van der Waals surface area contributed by atoms with E-state index < -0.39 is 21.5 Å². The summed E-state index contributed by atoms with van der Waals surface area (Å²) in [6.07, 6.45) is 2.93. The summed E-state index contributed by atoms with van der Waals surface area (Å²) in [6, 6.07) is 14.5. The summed E-state index contributed by atoms with van der Waals surface area (Å²) < 4.78 is 32.4. The SMILES string of the molecule is CC1(C)C(=O)/C(=C/c2cccc(N3CCOCC3)n2)CN(S(C)(=O)=O)C1c1ccccc1. The normalized spacial score (nSPS) is 23.5. The molecule has 2 saturated heterocycles. The number of hydrogen-bond donors (Lipinski definition) is 0. The highest BCUT2D eigenvalue weighted by molar-refractivity contribution is 7.88. The van der Waals surface area contributed by atoms with Crippen molar-refractivity contribution >= 4 is 27.7 Å². The number of rotatable bonds is 4. The van der Waals surface area contributed by atoms with E-state index in [0.717, 1.165) is 24.5 Å². The Labute approximate surface area is 189 Å². The number of ether oxygens (including phenoxy) is 1. The van der Waals surface area contributed by atoms with Gasteiger partial charge in [0.1, 0.15) is 5.82 Å². The quantitative estimate of drug-likeness (QED) is 0.660. The van der Waals surface area contributed by atoms with Crippen molar-refractivity contribution in [3.05, 3.63) is 65.4 Å². The van der Waals surface area contributed by atoms with Gasteiger partial charge in [-0.3, -0.25) is 4.79 Å². The fourth-order valence-corrected chi connectivity index (χ4v) is 5.68. The molecular weight excluding hydrogens is 426 g/mol. The minimum Gasteiger partial charge on any atom is -0.378 e. The predicted octanol–water partition coefficient (Wildman–Crippen LogP) is 2.91. The second-order valence-corrected chi connectivity index (χ2v) is 10.8. The van der Waals surface area contributed by atoms with Crippen LogP contribution in [0.4, 0.5) is 5.82 Å². The van der Waals surface area contributed by atoms with Gasteiger partial charge in [0.15, 0.2) is 5.78 Å². The number of anilines is 1. The van der Waals surface area contributed by atoms with Gasteiger partial charge >= 0.3 is 0 Å². The maximum absolute atomic E-state index is 13.5. The highest BCUT2D eigenvalue weighted by Crippen LogP contribution is 2.46. The zero-order valence-corrected chi connectivity index (χ0v) is 19.5. The highest BCUT2D eigenvalue weighted by Gasteiger charge is 2.49. The molecule has 1 atom stereocenters. The lowest BCUT2D eigenvalue weighted by Crippen LogP contribution is -2.51. The molecular formula is C24H29N3O4S. The van der Waals surface area contributed by atoms with Gasteiger partial charge in [-0.25, -0.2) is 13.4 Å². The average Bonchev–Trinajstić information content (AvgIpc) is 2.77. The van der Waals surface area contributed by atoms with Crippen molar-refractivity contribution in [3.8, 4) is 0 Å². The summed E-state index contributed by atoms with van der Waals surface area (Å²) >= 11 is 0. The van der Waals surface area contributed by atoms with Crippen LogP contribution in [-0.4, -0.2) is 62.6 Å². The topological polar surface area (TPSA) is 79.8 Å². The van der Waals surface area contributed by atoms with E-state index in [2.05, 4.69) is 4.90 Å². The Kier molecular flexibility index (Phi) is 6.20. The van der Waals surface area contributed by atoms with Gasteiger partial charge in [0.25, 0.3) is 0 Å². The smallest absolute Gasteiger partial charge is 0.212 e. The number of pyridine rings is 1. The number of benzene rings is 1. The number of hydrogen-bond acceptors (Lipinski definition) is 6. The van der Waals surface area contributed by atoms with Crippen molar-refractivity contribution in [2.45, 2.75) is 19.9 Å². The molecule has 2 aromatic rings. The molecule has 1 aromatic heterocycles. The van der Waals surface area contributed by atoms with Crippen molar-refractivity contribution in [3.63, 3.8) is 0 Å². The number of aromatic nitrogens is 1. The molecule has 0 N–H and O–H groups in total. The Morgan fingerprint density at radius 3 is 2.41 bits per heavy atom. The van der Waals surface area contributed by atoms with Crippen molar-refractivity contribution < 1.29 is 17.9 Å². The first kappa shape index (κ1) is 22.6. The summed E-state index contributed by atoms with van der Waals surface area (Å²) in [7, 11) is -3.57. The van der Waals surface area contributed by atoms with Gasteiger partial charge in [-0.2, -0.15) is 4.31 Å². The Balaban J connectivity index is 1.72. The van der Waals surface area contributed by atoms with Crippen LogP contribution >= 0.6 is 0 Å². The fraction of sp³-hybridized carbons (Fsp3) is 0.417. The molecule has 8 heteroatoms. The van der Waals surface area contributed by atoms with Crippen LogP contribution in [0.25, 0.3) is 6.08 Å². The number of carbonyl (C=O) groups is 1. The summed E-state index contributed by atoms with van der Waals surface area (Å²) in [5.74, 6) is 0.761. The summed E-state index contributed by atoms with van der Waals surface area (Å²) in [4.78, 5) is 20.4. The van der Waals surface area contributed by atoms with Crippen LogP contribution in [0, 0.1) is 5.41 Å². The van der Waals surface area contributed by atoms with E-state index in [9.17, 15) is 13.2 Å². The molecule has 4 rings (SSSR count). The van der Waals surface area contributed by atoms with E-state index in [0.29, 0.717) is 24.5 Å². The van der Waals surface area contributed by atoms with E-state index in [1.54, 1.807) is 6.08 Å². The molecule has 0 spiro atoms. The largest absolute Gasteiger partial charge is 0.378 e. The molecule has 1 aromatic carbocycles. The van der Waals surface area contributed by atoms with E-state index in [-0.39, 0.29) is 12.3 Å². The Morgan fingerprint density at radius 1 is 1.06 bits per heavy atom. The van der Waals surface area contributed by atoms with Gasteiger partial charge in [0, 0.05) is 30.6 Å². The van der Waals surface area contributed by atoms with E-state index in [1.807, 2.05) is 62.4 Å². The second-order valence-electron chi connectivity index (χ2n) is 8.86. The minimum absolute atomic E-state index is 0.0180. The van der Waals surface area contributed by atoms with Gasteiger partial charge in [-0.05, 0) is 23.8 Å². The predicted molar refractivity (Wildman–Crippen MR) is 125 cm³/mol. The number of ketones is 1.